The second kappa shape index (κ2) is 6.86. The van der Waals surface area contributed by atoms with Crippen molar-refractivity contribution in [3.63, 3.8) is 0 Å². The maximum atomic E-state index is 13.9. The molecular formula is C18H11BrF3N5O. The Morgan fingerprint density at radius 2 is 1.86 bits per heavy atom. The van der Waals surface area contributed by atoms with Crippen molar-refractivity contribution < 1.29 is 18.0 Å². The molecule has 0 saturated heterocycles. The lowest BCUT2D eigenvalue weighted by molar-refractivity contribution is -0.0918. The van der Waals surface area contributed by atoms with Crippen LogP contribution in [-0.2, 0) is 0 Å². The Balaban J connectivity index is 1.97. The van der Waals surface area contributed by atoms with Crippen molar-refractivity contribution in [1.29, 1.82) is 0 Å². The lowest BCUT2D eigenvalue weighted by Crippen LogP contribution is -2.35. The van der Waals surface area contributed by atoms with Gasteiger partial charge in [0.05, 0.1) is 5.57 Å². The molecule has 0 radical (unpaired) electrons. The van der Waals surface area contributed by atoms with Crippen LogP contribution in [0.4, 0.5) is 19.1 Å². The second-order valence-electron chi connectivity index (χ2n) is 6.01. The minimum atomic E-state index is -4.80. The van der Waals surface area contributed by atoms with Crippen LogP contribution in [0.15, 0.2) is 70.3 Å². The highest BCUT2D eigenvalue weighted by molar-refractivity contribution is 9.10. The van der Waals surface area contributed by atoms with E-state index < -0.39 is 29.3 Å². The second-order valence-corrected chi connectivity index (χ2v) is 6.93. The first-order valence-corrected chi connectivity index (χ1v) is 8.87. The molecule has 3 aromatic rings. The summed E-state index contributed by atoms with van der Waals surface area (Å²) in [6, 6.07) is 13.4. The molecule has 1 aromatic heterocycles. The molecule has 0 bridgehead atoms. The number of anilines is 1. The van der Waals surface area contributed by atoms with Gasteiger partial charge in [-0.2, -0.15) is 17.9 Å². The van der Waals surface area contributed by atoms with Gasteiger partial charge in [0.1, 0.15) is 11.7 Å². The van der Waals surface area contributed by atoms with Crippen molar-refractivity contribution in [1.82, 2.24) is 20.2 Å². The Labute approximate surface area is 165 Å². The van der Waals surface area contributed by atoms with Gasteiger partial charge >= 0.3 is 6.18 Å². The zero-order valence-corrected chi connectivity index (χ0v) is 15.6. The van der Waals surface area contributed by atoms with Gasteiger partial charge < -0.3 is 5.32 Å². The number of carbonyl (C=O) groups excluding carboxylic acids is 1. The average molecular weight is 450 g/mol. The molecule has 2 aromatic carbocycles. The highest BCUT2D eigenvalue weighted by Crippen LogP contribution is 2.41. The van der Waals surface area contributed by atoms with Gasteiger partial charge in [-0.05, 0) is 28.1 Å². The number of alkyl halides is 3. The Hall–Kier alpha value is -3.01. The van der Waals surface area contributed by atoms with Crippen molar-refractivity contribution in [2.45, 2.75) is 12.2 Å². The SMILES string of the molecule is O=C(C1=C(C(F)(F)F)Nc2nnnn2C1c1ccccc1)c1cccc(Br)c1. The van der Waals surface area contributed by atoms with Gasteiger partial charge in [0.2, 0.25) is 5.95 Å². The largest absolute Gasteiger partial charge is 0.431 e. The number of nitrogens with zero attached hydrogens (tertiary/aromatic N) is 4. The van der Waals surface area contributed by atoms with Gasteiger partial charge in [-0.25, -0.2) is 0 Å². The molecule has 4 rings (SSSR count). The molecule has 1 aliphatic rings. The number of allylic oxidation sites excluding steroid dienone is 2. The van der Waals surface area contributed by atoms with Gasteiger partial charge in [-0.3, -0.25) is 4.79 Å². The maximum absolute atomic E-state index is 13.9. The Morgan fingerprint density at radius 3 is 2.54 bits per heavy atom. The van der Waals surface area contributed by atoms with E-state index in [1.807, 2.05) is 0 Å². The molecule has 1 atom stereocenters. The molecule has 142 valence electrons. The van der Waals surface area contributed by atoms with Crippen molar-refractivity contribution in [3.05, 3.63) is 81.5 Å². The van der Waals surface area contributed by atoms with E-state index in [1.54, 1.807) is 42.5 Å². The van der Waals surface area contributed by atoms with E-state index in [9.17, 15) is 18.0 Å². The zero-order valence-electron chi connectivity index (χ0n) is 14.0. The highest BCUT2D eigenvalue weighted by Gasteiger charge is 2.46. The number of rotatable bonds is 3. The van der Waals surface area contributed by atoms with E-state index >= 15 is 0 Å². The van der Waals surface area contributed by atoms with Gasteiger partial charge in [-0.1, -0.05) is 63.5 Å². The van der Waals surface area contributed by atoms with Crippen molar-refractivity contribution in [2.75, 3.05) is 5.32 Å². The van der Waals surface area contributed by atoms with Crippen LogP contribution >= 0.6 is 15.9 Å². The summed E-state index contributed by atoms with van der Waals surface area (Å²) in [5.74, 6) is -0.955. The van der Waals surface area contributed by atoms with Crippen LogP contribution in [0.25, 0.3) is 0 Å². The molecule has 0 aliphatic carbocycles. The molecule has 1 N–H and O–H groups in total. The minimum Gasteiger partial charge on any atom is -0.318 e. The fourth-order valence-corrected chi connectivity index (χ4v) is 3.48. The third-order valence-corrected chi connectivity index (χ3v) is 4.74. The van der Waals surface area contributed by atoms with Crippen LogP contribution in [0.1, 0.15) is 22.0 Å². The van der Waals surface area contributed by atoms with Gasteiger partial charge in [0, 0.05) is 10.0 Å². The molecule has 0 fully saturated rings. The first-order chi connectivity index (χ1) is 13.4. The van der Waals surface area contributed by atoms with Crippen LogP contribution in [0.3, 0.4) is 0 Å². The number of benzene rings is 2. The number of hydrogen-bond acceptors (Lipinski definition) is 5. The van der Waals surface area contributed by atoms with Gasteiger partial charge in [0.25, 0.3) is 0 Å². The van der Waals surface area contributed by atoms with Crippen LogP contribution in [0.2, 0.25) is 0 Å². The molecule has 10 heteroatoms. The zero-order chi connectivity index (χ0) is 19.9. The first-order valence-electron chi connectivity index (χ1n) is 8.07. The van der Waals surface area contributed by atoms with Crippen molar-refractivity contribution >= 4 is 27.7 Å². The Morgan fingerprint density at radius 1 is 1.11 bits per heavy atom. The van der Waals surface area contributed by atoms with Crippen molar-refractivity contribution in [2.24, 2.45) is 0 Å². The normalized spacial score (nSPS) is 16.5. The summed E-state index contributed by atoms with van der Waals surface area (Å²) in [4.78, 5) is 13.2. The maximum Gasteiger partial charge on any atom is 0.431 e. The van der Waals surface area contributed by atoms with E-state index in [1.165, 1.54) is 16.8 Å². The minimum absolute atomic E-state index is 0.116. The van der Waals surface area contributed by atoms with E-state index in [0.717, 1.165) is 0 Å². The third-order valence-electron chi connectivity index (χ3n) is 4.25. The smallest absolute Gasteiger partial charge is 0.318 e. The number of nitrogens with one attached hydrogen (secondary N) is 1. The molecule has 0 spiro atoms. The number of carbonyl (C=O) groups is 1. The molecule has 1 unspecified atom stereocenters. The number of ketones is 1. The summed E-state index contributed by atoms with van der Waals surface area (Å²) in [7, 11) is 0. The number of aromatic nitrogens is 4. The summed E-state index contributed by atoms with van der Waals surface area (Å²) in [6.45, 7) is 0. The molecule has 0 saturated carbocycles. The first kappa shape index (κ1) is 18.4. The molecule has 0 amide bonds. The summed E-state index contributed by atoms with van der Waals surface area (Å²) in [5.41, 5.74) is -1.08. The van der Waals surface area contributed by atoms with E-state index in [4.69, 9.17) is 0 Å². The number of fused-ring (bicyclic) bond motifs is 1. The lowest BCUT2D eigenvalue weighted by Gasteiger charge is -2.30. The predicted octanol–water partition coefficient (Wildman–Crippen LogP) is 4.15. The summed E-state index contributed by atoms with van der Waals surface area (Å²) in [5, 5.41) is 13.1. The standard InChI is InChI=1S/C18H11BrF3N5O/c19-12-8-4-7-11(9-12)15(28)13-14(10-5-2-1-3-6-10)27-17(24-25-26-27)23-16(13)18(20,21)22/h1-9,14H,(H,23,24,26). The highest BCUT2D eigenvalue weighted by atomic mass is 79.9. The molecule has 28 heavy (non-hydrogen) atoms. The quantitative estimate of drug-likeness (QED) is 0.608. The molecule has 1 aliphatic heterocycles. The fourth-order valence-electron chi connectivity index (χ4n) is 3.08. The van der Waals surface area contributed by atoms with E-state index in [-0.39, 0.29) is 11.5 Å². The van der Waals surface area contributed by atoms with Crippen LogP contribution in [0, 0.1) is 0 Å². The lowest BCUT2D eigenvalue weighted by atomic mass is 9.89. The monoisotopic (exact) mass is 449 g/mol. The number of halogens is 4. The Kier molecular flexibility index (Phi) is 4.50. The summed E-state index contributed by atoms with van der Waals surface area (Å²) >= 11 is 3.25. The number of Topliss-reactive ketones (excluding diaryl/α,β-unsaturated/α-hetero) is 1. The van der Waals surface area contributed by atoms with E-state index in [0.29, 0.717) is 10.0 Å². The molecule has 2 heterocycles. The number of tetrazole rings is 1. The topological polar surface area (TPSA) is 72.7 Å². The molecular weight excluding hydrogens is 439 g/mol. The average Bonchev–Trinajstić information content (AvgIpc) is 3.14. The van der Waals surface area contributed by atoms with Crippen LogP contribution in [0.5, 0.6) is 0 Å². The summed E-state index contributed by atoms with van der Waals surface area (Å²) < 4.78 is 43.4. The van der Waals surface area contributed by atoms with Crippen molar-refractivity contribution in [3.8, 4) is 0 Å². The van der Waals surface area contributed by atoms with Gasteiger partial charge in [0.15, 0.2) is 5.78 Å². The van der Waals surface area contributed by atoms with E-state index in [2.05, 4.69) is 36.8 Å². The van der Waals surface area contributed by atoms with Gasteiger partial charge in [-0.15, -0.1) is 0 Å². The predicted molar refractivity (Wildman–Crippen MR) is 97.6 cm³/mol. The van der Waals surface area contributed by atoms with Crippen LogP contribution in [-0.4, -0.2) is 32.2 Å². The Bertz CT molecular complexity index is 1080. The third kappa shape index (κ3) is 3.19. The van der Waals surface area contributed by atoms with Crippen LogP contribution < -0.4 is 5.32 Å². The number of hydrogen-bond donors (Lipinski definition) is 1. The fraction of sp³-hybridized carbons (Fsp3) is 0.111. The summed E-state index contributed by atoms with van der Waals surface area (Å²) in [6.07, 6.45) is -4.80. The molecule has 6 nitrogen and oxygen atoms in total.